The summed E-state index contributed by atoms with van der Waals surface area (Å²) in [6, 6.07) is 8.09. The van der Waals surface area contributed by atoms with Crippen molar-refractivity contribution < 1.29 is 18.3 Å². The van der Waals surface area contributed by atoms with Crippen LogP contribution in [0.25, 0.3) is 10.9 Å². The highest BCUT2D eigenvalue weighted by atomic mass is 32.2. The average molecular weight is 320 g/mol. The molecule has 1 aliphatic rings. The highest BCUT2D eigenvalue weighted by molar-refractivity contribution is 7.88. The molecule has 1 unspecified atom stereocenters. The van der Waals surface area contributed by atoms with Gasteiger partial charge in [-0.2, -0.15) is 4.31 Å². The van der Waals surface area contributed by atoms with Crippen molar-refractivity contribution in [3.63, 3.8) is 0 Å². The zero-order valence-corrected chi connectivity index (χ0v) is 12.7. The van der Waals surface area contributed by atoms with Gasteiger partial charge in [0.05, 0.1) is 11.3 Å². The number of hydrogen-bond acceptors (Lipinski definition) is 4. The number of pyridine rings is 1. The third-order valence-corrected chi connectivity index (χ3v) is 5.73. The van der Waals surface area contributed by atoms with Crippen LogP contribution in [0.4, 0.5) is 0 Å². The fraction of sp³-hybridized carbons (Fsp3) is 0.333. The molecule has 1 N–H and O–H groups in total. The fourth-order valence-electron chi connectivity index (χ4n) is 2.88. The number of rotatable bonds is 4. The van der Waals surface area contributed by atoms with Crippen LogP contribution in [0.3, 0.4) is 0 Å². The number of aromatic nitrogens is 1. The van der Waals surface area contributed by atoms with Gasteiger partial charge >= 0.3 is 5.97 Å². The molecule has 0 saturated carbocycles. The molecule has 0 amide bonds. The fourth-order valence-corrected chi connectivity index (χ4v) is 4.67. The maximum atomic E-state index is 12.6. The van der Waals surface area contributed by atoms with E-state index in [0.717, 1.165) is 9.69 Å². The normalized spacial score (nSPS) is 19.5. The van der Waals surface area contributed by atoms with E-state index in [2.05, 4.69) is 4.98 Å². The van der Waals surface area contributed by atoms with E-state index in [1.54, 1.807) is 24.4 Å². The van der Waals surface area contributed by atoms with E-state index in [0.29, 0.717) is 23.9 Å². The molecule has 116 valence electrons. The Morgan fingerprint density at radius 2 is 2.09 bits per heavy atom. The molecule has 0 spiro atoms. The first kappa shape index (κ1) is 14.9. The first-order valence-corrected chi connectivity index (χ1v) is 8.65. The van der Waals surface area contributed by atoms with Gasteiger partial charge in [-0.1, -0.05) is 24.3 Å². The Kier molecular flexibility index (Phi) is 3.84. The van der Waals surface area contributed by atoms with Crippen LogP contribution in [-0.2, 0) is 20.6 Å². The molecule has 0 bridgehead atoms. The van der Waals surface area contributed by atoms with Crippen molar-refractivity contribution in [2.75, 3.05) is 6.54 Å². The lowest BCUT2D eigenvalue weighted by Crippen LogP contribution is -2.40. The number of nitrogens with zero attached hydrogens (tertiary/aromatic N) is 2. The highest BCUT2D eigenvalue weighted by Gasteiger charge is 2.38. The number of sulfonamides is 1. The summed E-state index contributed by atoms with van der Waals surface area (Å²) in [6.07, 6.45) is 2.56. The summed E-state index contributed by atoms with van der Waals surface area (Å²) < 4.78 is 26.3. The molecular formula is C15H16N2O4S. The van der Waals surface area contributed by atoms with Crippen molar-refractivity contribution in [3.8, 4) is 0 Å². The SMILES string of the molecule is O=C(O)C1CCCN1S(=O)(=O)Cc1cccc2cccnc12. The lowest BCUT2D eigenvalue weighted by molar-refractivity contribution is -0.140. The number of fused-ring (bicyclic) bond motifs is 1. The minimum atomic E-state index is -3.69. The van der Waals surface area contributed by atoms with Crippen LogP contribution in [0, 0.1) is 0 Å². The molecule has 1 atom stereocenters. The zero-order valence-electron chi connectivity index (χ0n) is 11.8. The van der Waals surface area contributed by atoms with Crippen LogP contribution in [0.5, 0.6) is 0 Å². The van der Waals surface area contributed by atoms with Crippen LogP contribution < -0.4 is 0 Å². The molecular weight excluding hydrogens is 304 g/mol. The molecule has 0 radical (unpaired) electrons. The second-order valence-corrected chi connectivity index (χ2v) is 7.28. The van der Waals surface area contributed by atoms with Crippen molar-refractivity contribution in [2.45, 2.75) is 24.6 Å². The van der Waals surface area contributed by atoms with Crippen LogP contribution >= 0.6 is 0 Å². The van der Waals surface area contributed by atoms with Crippen LogP contribution in [0.1, 0.15) is 18.4 Å². The lowest BCUT2D eigenvalue weighted by atomic mass is 10.1. The number of hydrogen-bond donors (Lipinski definition) is 1. The molecule has 1 fully saturated rings. The van der Waals surface area contributed by atoms with Gasteiger partial charge in [0.1, 0.15) is 6.04 Å². The maximum absolute atomic E-state index is 12.6. The van der Waals surface area contributed by atoms with E-state index in [4.69, 9.17) is 5.11 Å². The topological polar surface area (TPSA) is 87.6 Å². The summed E-state index contributed by atoms with van der Waals surface area (Å²) >= 11 is 0. The van der Waals surface area contributed by atoms with Crippen molar-refractivity contribution in [2.24, 2.45) is 0 Å². The van der Waals surface area contributed by atoms with Gasteiger partial charge in [-0.05, 0) is 24.5 Å². The monoisotopic (exact) mass is 320 g/mol. The van der Waals surface area contributed by atoms with Gasteiger partial charge in [-0.3, -0.25) is 9.78 Å². The van der Waals surface area contributed by atoms with E-state index in [1.807, 2.05) is 12.1 Å². The Bertz CT molecular complexity index is 814. The first-order valence-electron chi connectivity index (χ1n) is 7.04. The predicted molar refractivity (Wildman–Crippen MR) is 81.7 cm³/mol. The summed E-state index contributed by atoms with van der Waals surface area (Å²) in [5.74, 6) is -1.32. The zero-order chi connectivity index (χ0) is 15.7. The maximum Gasteiger partial charge on any atom is 0.322 e. The smallest absolute Gasteiger partial charge is 0.322 e. The molecule has 6 nitrogen and oxygen atoms in total. The number of aliphatic carboxylic acids is 1. The molecule has 3 rings (SSSR count). The molecule has 2 heterocycles. The first-order chi connectivity index (χ1) is 10.5. The molecule has 1 aromatic heterocycles. The van der Waals surface area contributed by atoms with Gasteiger partial charge < -0.3 is 5.11 Å². The van der Waals surface area contributed by atoms with E-state index in [9.17, 15) is 13.2 Å². The van der Waals surface area contributed by atoms with Gasteiger partial charge in [0.2, 0.25) is 10.0 Å². The molecule has 0 aliphatic carbocycles. The minimum Gasteiger partial charge on any atom is -0.480 e. The molecule has 7 heteroatoms. The lowest BCUT2D eigenvalue weighted by Gasteiger charge is -2.21. The summed E-state index contributed by atoms with van der Waals surface area (Å²) in [6.45, 7) is 0.261. The van der Waals surface area contributed by atoms with E-state index >= 15 is 0 Å². The molecule has 22 heavy (non-hydrogen) atoms. The van der Waals surface area contributed by atoms with Crippen molar-refractivity contribution in [1.29, 1.82) is 0 Å². The number of carboxylic acid groups (broad SMARTS) is 1. The Morgan fingerprint density at radius 1 is 1.32 bits per heavy atom. The predicted octanol–water partition coefficient (Wildman–Crippen LogP) is 1.61. The van der Waals surface area contributed by atoms with Gasteiger partial charge in [-0.25, -0.2) is 8.42 Å². The van der Waals surface area contributed by atoms with Crippen LogP contribution in [0.15, 0.2) is 36.5 Å². The molecule has 2 aromatic rings. The summed E-state index contributed by atoms with van der Waals surface area (Å²) in [4.78, 5) is 15.5. The Hall–Kier alpha value is -1.99. The highest BCUT2D eigenvalue weighted by Crippen LogP contribution is 2.25. The Balaban J connectivity index is 1.95. The largest absolute Gasteiger partial charge is 0.480 e. The summed E-state index contributed by atoms with van der Waals surface area (Å²) in [7, 11) is -3.69. The van der Waals surface area contributed by atoms with E-state index in [-0.39, 0.29) is 12.3 Å². The van der Waals surface area contributed by atoms with Gasteiger partial charge in [0.25, 0.3) is 0 Å². The van der Waals surface area contributed by atoms with Gasteiger partial charge in [0.15, 0.2) is 0 Å². The van der Waals surface area contributed by atoms with Crippen LogP contribution in [-0.4, -0.2) is 41.4 Å². The number of benzene rings is 1. The van der Waals surface area contributed by atoms with E-state index in [1.165, 1.54) is 0 Å². The number of carboxylic acids is 1. The summed E-state index contributed by atoms with van der Waals surface area (Å²) in [5.41, 5.74) is 1.23. The third-order valence-electron chi connectivity index (χ3n) is 3.90. The number of carbonyl (C=O) groups is 1. The quantitative estimate of drug-likeness (QED) is 0.925. The molecule has 1 aromatic carbocycles. The van der Waals surface area contributed by atoms with Crippen molar-refractivity contribution in [1.82, 2.24) is 9.29 Å². The second kappa shape index (κ2) is 5.66. The Morgan fingerprint density at radius 3 is 2.86 bits per heavy atom. The van der Waals surface area contributed by atoms with Crippen molar-refractivity contribution >= 4 is 26.9 Å². The minimum absolute atomic E-state index is 0.231. The van der Waals surface area contributed by atoms with Gasteiger partial charge in [-0.15, -0.1) is 0 Å². The molecule has 1 aliphatic heterocycles. The van der Waals surface area contributed by atoms with Crippen LogP contribution in [0.2, 0.25) is 0 Å². The average Bonchev–Trinajstić information content (AvgIpc) is 2.98. The molecule has 1 saturated heterocycles. The van der Waals surface area contributed by atoms with Crippen molar-refractivity contribution in [3.05, 3.63) is 42.1 Å². The van der Waals surface area contributed by atoms with E-state index < -0.39 is 22.0 Å². The number of para-hydroxylation sites is 1. The third kappa shape index (κ3) is 2.69. The second-order valence-electron chi connectivity index (χ2n) is 5.36. The summed E-state index contributed by atoms with van der Waals surface area (Å²) in [5, 5.41) is 10.0. The Labute approximate surface area is 128 Å². The standard InChI is InChI=1S/C15H16N2O4S/c18-15(19)13-7-3-9-17(13)22(20,21)10-12-5-1-4-11-6-2-8-16-14(11)12/h1-2,4-6,8,13H,3,7,9-10H2,(H,18,19). The van der Waals surface area contributed by atoms with Gasteiger partial charge in [0, 0.05) is 18.1 Å².